The fourth-order valence-corrected chi connectivity index (χ4v) is 3.67. The maximum Gasteiger partial charge on any atom is 0.251 e. The fourth-order valence-electron chi connectivity index (χ4n) is 2.86. The van der Waals surface area contributed by atoms with Crippen molar-refractivity contribution in [2.75, 3.05) is 25.0 Å². The average Bonchev–Trinajstić information content (AvgIpc) is 2.87. The molecule has 2 rings (SSSR count). The lowest BCUT2D eigenvalue weighted by atomic mass is 9.91. The molecule has 2 atom stereocenters. The number of rotatable bonds is 5. The molecule has 1 aromatic heterocycles. The number of nitrogens with zero attached hydrogens (tertiary/aromatic N) is 1. The van der Waals surface area contributed by atoms with Crippen LogP contribution < -0.4 is 16.8 Å². The number of hydrogen-bond acceptors (Lipinski definition) is 5. The second kappa shape index (κ2) is 7.02. The molecule has 6 nitrogen and oxygen atoms in total. The third-order valence-electron chi connectivity index (χ3n) is 4.00. The lowest BCUT2D eigenvalue weighted by molar-refractivity contribution is -0.118. The molecule has 2 amide bonds. The average molecular weight is 310 g/mol. The number of carbonyl (C=O) groups is 2. The van der Waals surface area contributed by atoms with Crippen molar-refractivity contribution in [1.29, 1.82) is 0 Å². The molecule has 5 N–H and O–H groups in total. The minimum atomic E-state index is -0.530. The van der Waals surface area contributed by atoms with Crippen molar-refractivity contribution in [2.24, 2.45) is 17.4 Å². The first-order chi connectivity index (χ1) is 10.0. The summed E-state index contributed by atoms with van der Waals surface area (Å²) in [5, 5.41) is 5.03. The van der Waals surface area contributed by atoms with Crippen LogP contribution in [-0.2, 0) is 4.79 Å². The van der Waals surface area contributed by atoms with E-state index < -0.39 is 5.91 Å². The second-order valence-electron chi connectivity index (χ2n) is 5.47. The molecular formula is C14H22N4O2S. The molecule has 0 spiro atoms. The number of likely N-dealkylation sites (tertiary alicyclic amines) is 1. The van der Waals surface area contributed by atoms with Crippen molar-refractivity contribution in [3.8, 4) is 0 Å². The molecule has 1 aromatic rings. The maximum absolute atomic E-state index is 12.2. The molecule has 1 fully saturated rings. The summed E-state index contributed by atoms with van der Waals surface area (Å²) < 4.78 is 0. The van der Waals surface area contributed by atoms with Gasteiger partial charge in [0.2, 0.25) is 5.91 Å². The Bertz CT molecular complexity index is 517. The lowest BCUT2D eigenvalue weighted by Gasteiger charge is -2.38. The first-order valence-electron chi connectivity index (χ1n) is 7.14. The molecule has 0 radical (unpaired) electrons. The first-order valence-corrected chi connectivity index (χ1v) is 8.02. The highest BCUT2D eigenvalue weighted by atomic mass is 32.1. The molecule has 0 saturated carbocycles. The van der Waals surface area contributed by atoms with E-state index in [1.54, 1.807) is 11.4 Å². The van der Waals surface area contributed by atoms with Gasteiger partial charge in [-0.3, -0.25) is 14.5 Å². The predicted octanol–water partition coefficient (Wildman–Crippen LogP) is 0.845. The summed E-state index contributed by atoms with van der Waals surface area (Å²) in [4.78, 5) is 25.6. The van der Waals surface area contributed by atoms with Gasteiger partial charge in [0.25, 0.3) is 5.91 Å². The topological polar surface area (TPSA) is 101 Å². The van der Waals surface area contributed by atoms with Crippen LogP contribution in [0.5, 0.6) is 0 Å². The van der Waals surface area contributed by atoms with E-state index >= 15 is 0 Å². The van der Waals surface area contributed by atoms with E-state index in [2.05, 4.69) is 17.1 Å². The lowest BCUT2D eigenvalue weighted by Crippen LogP contribution is -2.51. The maximum atomic E-state index is 12.2. The molecule has 7 heteroatoms. The van der Waals surface area contributed by atoms with Gasteiger partial charge in [-0.15, -0.1) is 11.3 Å². The van der Waals surface area contributed by atoms with E-state index in [0.717, 1.165) is 19.4 Å². The van der Waals surface area contributed by atoms with Crippen LogP contribution in [0.1, 0.15) is 30.1 Å². The largest absolute Gasteiger partial charge is 0.366 e. The van der Waals surface area contributed by atoms with Crippen molar-refractivity contribution in [1.82, 2.24) is 4.90 Å². The molecule has 1 aliphatic rings. The quantitative estimate of drug-likeness (QED) is 0.750. The molecule has 21 heavy (non-hydrogen) atoms. The SMILES string of the molecule is CC1CCCN(CC(=O)Nc2sccc2C(N)=O)C1CN. The van der Waals surface area contributed by atoms with Gasteiger partial charge in [0.15, 0.2) is 0 Å². The Labute approximate surface area is 128 Å². The van der Waals surface area contributed by atoms with Gasteiger partial charge >= 0.3 is 0 Å². The first kappa shape index (κ1) is 15.9. The Morgan fingerprint density at radius 3 is 2.95 bits per heavy atom. The van der Waals surface area contributed by atoms with E-state index in [1.165, 1.54) is 11.3 Å². The number of nitrogens with two attached hydrogens (primary N) is 2. The number of thiophene rings is 1. The zero-order chi connectivity index (χ0) is 15.4. The van der Waals surface area contributed by atoms with E-state index in [0.29, 0.717) is 29.6 Å². The molecule has 0 aromatic carbocycles. The summed E-state index contributed by atoms with van der Waals surface area (Å²) in [5.41, 5.74) is 11.5. The summed E-state index contributed by atoms with van der Waals surface area (Å²) in [7, 11) is 0. The zero-order valence-electron chi connectivity index (χ0n) is 12.2. The highest BCUT2D eigenvalue weighted by Gasteiger charge is 2.28. The van der Waals surface area contributed by atoms with Crippen LogP contribution in [-0.4, -0.2) is 42.4 Å². The Morgan fingerprint density at radius 2 is 2.29 bits per heavy atom. The van der Waals surface area contributed by atoms with Gasteiger partial charge in [0.1, 0.15) is 5.00 Å². The van der Waals surface area contributed by atoms with Crippen LogP contribution in [0.15, 0.2) is 11.4 Å². The number of hydrogen-bond donors (Lipinski definition) is 3. The van der Waals surface area contributed by atoms with Crippen molar-refractivity contribution in [3.05, 3.63) is 17.0 Å². The Balaban J connectivity index is 1.97. The summed E-state index contributed by atoms with van der Waals surface area (Å²) in [6.07, 6.45) is 2.23. The van der Waals surface area contributed by atoms with E-state index in [9.17, 15) is 9.59 Å². The number of nitrogens with one attached hydrogen (secondary N) is 1. The summed E-state index contributed by atoms with van der Waals surface area (Å²) in [6, 6.07) is 1.86. The summed E-state index contributed by atoms with van der Waals surface area (Å²) in [5.74, 6) is -0.162. The van der Waals surface area contributed by atoms with Gasteiger partial charge < -0.3 is 16.8 Å². The molecule has 0 bridgehead atoms. The highest BCUT2D eigenvalue weighted by Crippen LogP contribution is 2.24. The zero-order valence-corrected chi connectivity index (χ0v) is 13.0. The summed E-state index contributed by atoms with van der Waals surface area (Å²) >= 11 is 1.30. The molecule has 1 saturated heterocycles. The second-order valence-corrected chi connectivity index (χ2v) is 6.38. The minimum absolute atomic E-state index is 0.132. The van der Waals surface area contributed by atoms with Gasteiger partial charge in [-0.2, -0.15) is 0 Å². The Kier molecular flexibility index (Phi) is 5.33. The number of piperidine rings is 1. The number of primary amides is 1. The van der Waals surface area contributed by atoms with Crippen molar-refractivity contribution in [3.63, 3.8) is 0 Å². The summed E-state index contributed by atoms with van der Waals surface area (Å²) in [6.45, 7) is 3.90. The predicted molar refractivity (Wildman–Crippen MR) is 84.3 cm³/mol. The molecule has 2 heterocycles. The minimum Gasteiger partial charge on any atom is -0.366 e. The van der Waals surface area contributed by atoms with Crippen LogP contribution in [0.25, 0.3) is 0 Å². The van der Waals surface area contributed by atoms with Crippen molar-refractivity contribution in [2.45, 2.75) is 25.8 Å². The Morgan fingerprint density at radius 1 is 1.52 bits per heavy atom. The van der Waals surface area contributed by atoms with Gasteiger partial charge in [0, 0.05) is 12.6 Å². The molecular weight excluding hydrogens is 288 g/mol. The number of amides is 2. The van der Waals surface area contributed by atoms with Crippen molar-refractivity contribution >= 4 is 28.2 Å². The van der Waals surface area contributed by atoms with Crippen LogP contribution in [0, 0.1) is 5.92 Å². The Hall–Kier alpha value is -1.44. The third kappa shape index (κ3) is 3.81. The van der Waals surface area contributed by atoms with Crippen LogP contribution in [0.3, 0.4) is 0 Å². The smallest absolute Gasteiger partial charge is 0.251 e. The third-order valence-corrected chi connectivity index (χ3v) is 4.83. The van der Waals surface area contributed by atoms with Crippen LogP contribution >= 0.6 is 11.3 Å². The standard InChI is InChI=1S/C14H22N4O2S/c1-9-3-2-5-18(11(9)7-15)8-12(19)17-14-10(13(16)20)4-6-21-14/h4,6,9,11H,2-3,5,7-8,15H2,1H3,(H2,16,20)(H,17,19). The van der Waals surface area contributed by atoms with Crippen LogP contribution in [0.2, 0.25) is 0 Å². The monoisotopic (exact) mass is 310 g/mol. The number of anilines is 1. The molecule has 1 aliphatic heterocycles. The van der Waals surface area contributed by atoms with Gasteiger partial charge in [-0.1, -0.05) is 6.92 Å². The number of carbonyl (C=O) groups excluding carboxylic acids is 2. The van der Waals surface area contributed by atoms with Crippen LogP contribution in [0.4, 0.5) is 5.00 Å². The van der Waals surface area contributed by atoms with E-state index in [4.69, 9.17) is 11.5 Å². The normalized spacial score (nSPS) is 23.0. The van der Waals surface area contributed by atoms with Gasteiger partial charge in [-0.05, 0) is 36.8 Å². The van der Waals surface area contributed by atoms with Crippen molar-refractivity contribution < 1.29 is 9.59 Å². The fraction of sp³-hybridized carbons (Fsp3) is 0.571. The molecule has 0 aliphatic carbocycles. The van der Waals surface area contributed by atoms with Gasteiger partial charge in [-0.25, -0.2) is 0 Å². The highest BCUT2D eigenvalue weighted by molar-refractivity contribution is 7.14. The van der Waals surface area contributed by atoms with E-state index in [-0.39, 0.29) is 11.9 Å². The molecule has 2 unspecified atom stereocenters. The van der Waals surface area contributed by atoms with Gasteiger partial charge in [0.05, 0.1) is 12.1 Å². The van der Waals surface area contributed by atoms with E-state index in [1.807, 2.05) is 0 Å². The molecule has 116 valence electrons.